The molecule has 2 aliphatic rings. The molecule has 0 radical (unpaired) electrons. The molecule has 0 aromatic carbocycles. The van der Waals surface area contributed by atoms with Gasteiger partial charge < -0.3 is 15.7 Å². The van der Waals surface area contributed by atoms with Crippen molar-refractivity contribution in [2.45, 2.75) is 31.7 Å². The van der Waals surface area contributed by atoms with Crippen LogP contribution in [0.4, 0.5) is 0 Å². The van der Waals surface area contributed by atoms with Crippen LogP contribution in [0.1, 0.15) is 25.7 Å². The number of amides is 2. The molecule has 19 heavy (non-hydrogen) atoms. The number of nitrogens with zero attached hydrogens (tertiary/aromatic N) is 1. The molecule has 0 spiro atoms. The molecule has 2 rings (SSSR count). The van der Waals surface area contributed by atoms with E-state index in [2.05, 4.69) is 0 Å². The maximum atomic E-state index is 12.5. The van der Waals surface area contributed by atoms with E-state index in [4.69, 9.17) is 5.73 Å². The Morgan fingerprint density at radius 3 is 2.37 bits per heavy atom. The summed E-state index contributed by atoms with van der Waals surface area (Å²) in [6.07, 6.45) is 5.70. The topological polar surface area (TPSA) is 101 Å². The van der Waals surface area contributed by atoms with Crippen LogP contribution >= 0.6 is 0 Å². The number of primary amides is 1. The standard InChI is InChI=1S/C13H18N2O4/c14-11(16)10-6-3-7-15(10)12(17)8-4-1-2-5-9(8)13(18)19/h1-2,8-10H,3-7H2,(H2,14,16)(H,18,19). The number of hydrogen-bond donors (Lipinski definition) is 2. The lowest BCUT2D eigenvalue weighted by molar-refractivity contribution is -0.151. The molecule has 1 aliphatic heterocycles. The van der Waals surface area contributed by atoms with Gasteiger partial charge in [0.05, 0.1) is 11.8 Å². The number of nitrogens with two attached hydrogens (primary N) is 1. The number of carboxylic acids is 1. The maximum Gasteiger partial charge on any atom is 0.307 e. The Morgan fingerprint density at radius 2 is 1.79 bits per heavy atom. The van der Waals surface area contributed by atoms with Gasteiger partial charge in [-0.3, -0.25) is 14.4 Å². The van der Waals surface area contributed by atoms with Crippen LogP contribution in [-0.4, -0.2) is 40.4 Å². The highest BCUT2D eigenvalue weighted by atomic mass is 16.4. The Balaban J connectivity index is 2.16. The third kappa shape index (κ3) is 2.62. The zero-order valence-corrected chi connectivity index (χ0v) is 10.6. The minimum Gasteiger partial charge on any atom is -0.481 e. The molecular weight excluding hydrogens is 248 g/mol. The molecule has 1 fully saturated rings. The molecule has 0 saturated carbocycles. The van der Waals surface area contributed by atoms with Crippen molar-refractivity contribution in [3.8, 4) is 0 Å². The molecular formula is C13H18N2O4. The van der Waals surface area contributed by atoms with E-state index in [9.17, 15) is 19.5 Å². The van der Waals surface area contributed by atoms with Crippen molar-refractivity contribution >= 4 is 17.8 Å². The van der Waals surface area contributed by atoms with E-state index in [0.717, 1.165) is 6.42 Å². The van der Waals surface area contributed by atoms with Crippen LogP contribution in [0.15, 0.2) is 12.2 Å². The highest BCUT2D eigenvalue weighted by Gasteiger charge is 2.41. The van der Waals surface area contributed by atoms with E-state index in [1.807, 2.05) is 6.08 Å². The highest BCUT2D eigenvalue weighted by Crippen LogP contribution is 2.30. The van der Waals surface area contributed by atoms with Gasteiger partial charge in [-0.05, 0) is 25.7 Å². The number of carbonyl (C=O) groups excluding carboxylic acids is 2. The molecule has 0 aromatic rings. The number of carbonyl (C=O) groups is 3. The van der Waals surface area contributed by atoms with E-state index in [-0.39, 0.29) is 5.91 Å². The zero-order chi connectivity index (χ0) is 14.0. The molecule has 3 unspecified atom stereocenters. The molecule has 6 heteroatoms. The largest absolute Gasteiger partial charge is 0.481 e. The van der Waals surface area contributed by atoms with Gasteiger partial charge in [-0.2, -0.15) is 0 Å². The van der Waals surface area contributed by atoms with Crippen LogP contribution in [0.3, 0.4) is 0 Å². The van der Waals surface area contributed by atoms with Crippen molar-refractivity contribution in [1.29, 1.82) is 0 Å². The molecule has 1 heterocycles. The van der Waals surface area contributed by atoms with Gasteiger partial charge in [-0.25, -0.2) is 0 Å². The lowest BCUT2D eigenvalue weighted by Crippen LogP contribution is -2.48. The average Bonchev–Trinajstić information content (AvgIpc) is 2.87. The number of likely N-dealkylation sites (tertiary alicyclic amines) is 1. The Kier molecular flexibility index (Phi) is 3.87. The molecule has 1 saturated heterocycles. The second kappa shape index (κ2) is 5.42. The van der Waals surface area contributed by atoms with Gasteiger partial charge in [0, 0.05) is 6.54 Å². The van der Waals surface area contributed by atoms with Crippen LogP contribution in [0.5, 0.6) is 0 Å². The Morgan fingerprint density at radius 1 is 1.16 bits per heavy atom. The third-order valence-electron chi connectivity index (χ3n) is 3.93. The van der Waals surface area contributed by atoms with Gasteiger partial charge in [0.15, 0.2) is 0 Å². The fourth-order valence-corrected chi connectivity index (χ4v) is 2.90. The van der Waals surface area contributed by atoms with Gasteiger partial charge in [0.2, 0.25) is 11.8 Å². The van der Waals surface area contributed by atoms with E-state index in [1.165, 1.54) is 4.90 Å². The Bertz CT molecular complexity index is 432. The highest BCUT2D eigenvalue weighted by molar-refractivity contribution is 5.90. The summed E-state index contributed by atoms with van der Waals surface area (Å²) >= 11 is 0. The van der Waals surface area contributed by atoms with Crippen molar-refractivity contribution in [1.82, 2.24) is 4.90 Å². The molecule has 6 nitrogen and oxygen atoms in total. The summed E-state index contributed by atoms with van der Waals surface area (Å²) in [4.78, 5) is 36.4. The molecule has 104 valence electrons. The number of carboxylic acid groups (broad SMARTS) is 1. The average molecular weight is 266 g/mol. The Labute approximate surface area is 111 Å². The van der Waals surface area contributed by atoms with Crippen molar-refractivity contribution < 1.29 is 19.5 Å². The van der Waals surface area contributed by atoms with Crippen molar-refractivity contribution in [2.24, 2.45) is 17.6 Å². The van der Waals surface area contributed by atoms with E-state index < -0.39 is 29.8 Å². The quantitative estimate of drug-likeness (QED) is 0.709. The zero-order valence-electron chi connectivity index (χ0n) is 10.6. The fraction of sp³-hybridized carbons (Fsp3) is 0.615. The first-order chi connectivity index (χ1) is 9.02. The number of allylic oxidation sites excluding steroid dienone is 2. The van der Waals surface area contributed by atoms with Crippen LogP contribution in [0.2, 0.25) is 0 Å². The second-order valence-electron chi connectivity index (χ2n) is 5.09. The lowest BCUT2D eigenvalue weighted by atomic mass is 9.82. The number of hydrogen-bond acceptors (Lipinski definition) is 3. The molecule has 2 amide bonds. The summed E-state index contributed by atoms with van der Waals surface area (Å²) in [5.41, 5.74) is 5.29. The van der Waals surface area contributed by atoms with Crippen LogP contribution in [0.25, 0.3) is 0 Å². The third-order valence-corrected chi connectivity index (χ3v) is 3.93. The van der Waals surface area contributed by atoms with E-state index >= 15 is 0 Å². The van der Waals surface area contributed by atoms with Crippen LogP contribution < -0.4 is 5.73 Å². The first-order valence-corrected chi connectivity index (χ1v) is 6.50. The predicted molar refractivity (Wildman–Crippen MR) is 66.9 cm³/mol. The maximum absolute atomic E-state index is 12.5. The lowest BCUT2D eigenvalue weighted by Gasteiger charge is -2.31. The van der Waals surface area contributed by atoms with Gasteiger partial charge in [-0.1, -0.05) is 12.2 Å². The summed E-state index contributed by atoms with van der Waals surface area (Å²) in [7, 11) is 0. The van der Waals surface area contributed by atoms with Gasteiger partial charge in [0.25, 0.3) is 0 Å². The molecule has 3 N–H and O–H groups in total. The smallest absolute Gasteiger partial charge is 0.307 e. The van der Waals surface area contributed by atoms with E-state index in [1.54, 1.807) is 6.08 Å². The fourth-order valence-electron chi connectivity index (χ4n) is 2.90. The van der Waals surface area contributed by atoms with Crippen LogP contribution in [0, 0.1) is 11.8 Å². The van der Waals surface area contributed by atoms with Crippen LogP contribution in [-0.2, 0) is 14.4 Å². The molecule has 0 bridgehead atoms. The minimum atomic E-state index is -0.961. The summed E-state index contributed by atoms with van der Waals surface area (Å²) in [5.74, 6) is -3.01. The van der Waals surface area contributed by atoms with E-state index in [0.29, 0.717) is 25.8 Å². The molecule has 3 atom stereocenters. The van der Waals surface area contributed by atoms with Gasteiger partial charge in [0.1, 0.15) is 6.04 Å². The predicted octanol–water partition coefficient (Wildman–Crippen LogP) is 0.130. The second-order valence-corrected chi connectivity index (χ2v) is 5.09. The normalized spacial score (nSPS) is 30.3. The van der Waals surface area contributed by atoms with Crippen molar-refractivity contribution in [2.75, 3.05) is 6.54 Å². The Hall–Kier alpha value is -1.85. The summed E-state index contributed by atoms with van der Waals surface area (Å²) in [5, 5.41) is 9.18. The van der Waals surface area contributed by atoms with Gasteiger partial charge in [-0.15, -0.1) is 0 Å². The van der Waals surface area contributed by atoms with Crippen molar-refractivity contribution in [3.05, 3.63) is 12.2 Å². The van der Waals surface area contributed by atoms with Crippen molar-refractivity contribution in [3.63, 3.8) is 0 Å². The molecule has 0 aromatic heterocycles. The first-order valence-electron chi connectivity index (χ1n) is 6.50. The first kappa shape index (κ1) is 13.6. The number of rotatable bonds is 3. The summed E-state index contributed by atoms with van der Waals surface area (Å²) in [6, 6.07) is -0.576. The monoisotopic (exact) mass is 266 g/mol. The number of aliphatic carboxylic acids is 1. The minimum absolute atomic E-state index is 0.252. The summed E-state index contributed by atoms with van der Waals surface area (Å²) < 4.78 is 0. The SMILES string of the molecule is NC(=O)C1CCCN1C(=O)C1CC=CCC1C(=O)O. The summed E-state index contributed by atoms with van der Waals surface area (Å²) in [6.45, 7) is 0.485. The molecule has 1 aliphatic carbocycles. The van der Waals surface area contributed by atoms with Gasteiger partial charge >= 0.3 is 5.97 Å².